The van der Waals surface area contributed by atoms with Crippen molar-refractivity contribution < 1.29 is 19.1 Å². The monoisotopic (exact) mass is 398 g/mol. The lowest BCUT2D eigenvalue weighted by Crippen LogP contribution is -2.30. The maximum absolute atomic E-state index is 12.7. The van der Waals surface area contributed by atoms with Gasteiger partial charge in [0.25, 0.3) is 11.8 Å². The molecule has 0 aliphatic carbocycles. The number of hydrogen-bond acceptors (Lipinski definition) is 4. The Morgan fingerprint density at radius 3 is 2.38 bits per heavy atom. The number of ether oxygens (including phenoxy) is 2. The van der Waals surface area contributed by atoms with Crippen molar-refractivity contribution in [1.82, 2.24) is 4.90 Å². The van der Waals surface area contributed by atoms with Crippen LogP contribution in [-0.2, 0) is 0 Å². The summed E-state index contributed by atoms with van der Waals surface area (Å²) in [6.45, 7) is 7.85. The molecule has 0 radical (unpaired) electrons. The van der Waals surface area contributed by atoms with Gasteiger partial charge in [0, 0.05) is 29.9 Å². The Morgan fingerprint density at radius 2 is 1.72 bits per heavy atom. The Labute approximate surface area is 172 Å². The van der Waals surface area contributed by atoms with Gasteiger partial charge in [-0.05, 0) is 56.7 Å². The highest BCUT2D eigenvalue weighted by atomic mass is 16.5. The van der Waals surface area contributed by atoms with E-state index in [-0.39, 0.29) is 11.8 Å². The average molecular weight is 399 g/mol. The molecule has 156 valence electrons. The second-order valence-electron chi connectivity index (χ2n) is 6.58. The third-order valence-corrected chi connectivity index (χ3v) is 4.60. The first-order valence-corrected chi connectivity index (χ1v) is 10.1. The summed E-state index contributed by atoms with van der Waals surface area (Å²) in [6, 6.07) is 12.1. The Hall–Kier alpha value is -3.02. The van der Waals surface area contributed by atoms with Crippen molar-refractivity contribution in [3.05, 3.63) is 53.6 Å². The molecule has 0 aromatic heterocycles. The van der Waals surface area contributed by atoms with Gasteiger partial charge >= 0.3 is 0 Å². The fraction of sp³-hybridized carbons (Fsp3) is 0.391. The zero-order valence-electron chi connectivity index (χ0n) is 17.7. The lowest BCUT2D eigenvalue weighted by Gasteiger charge is -2.19. The summed E-state index contributed by atoms with van der Waals surface area (Å²) in [5.74, 6) is 0.792. The molecule has 0 heterocycles. The number of rotatable bonds is 10. The van der Waals surface area contributed by atoms with Gasteiger partial charge < -0.3 is 19.7 Å². The molecule has 0 bridgehead atoms. The number of nitrogens with one attached hydrogen (secondary N) is 1. The molecular weight excluding hydrogens is 368 g/mol. The molecule has 0 aliphatic heterocycles. The van der Waals surface area contributed by atoms with Crippen LogP contribution in [0.4, 0.5) is 5.69 Å². The van der Waals surface area contributed by atoms with E-state index in [9.17, 15) is 9.59 Å². The van der Waals surface area contributed by atoms with Gasteiger partial charge in [-0.1, -0.05) is 19.4 Å². The summed E-state index contributed by atoms with van der Waals surface area (Å²) in [7, 11) is 1.55. The van der Waals surface area contributed by atoms with Crippen LogP contribution in [0.1, 0.15) is 54.3 Å². The second-order valence-corrected chi connectivity index (χ2v) is 6.58. The van der Waals surface area contributed by atoms with Crippen molar-refractivity contribution in [3.63, 3.8) is 0 Å². The Kier molecular flexibility index (Phi) is 8.52. The minimum atomic E-state index is -0.282. The fourth-order valence-electron chi connectivity index (χ4n) is 2.88. The van der Waals surface area contributed by atoms with Gasteiger partial charge in [0.2, 0.25) is 0 Å². The highest BCUT2D eigenvalue weighted by molar-refractivity contribution is 6.05. The fourth-order valence-corrected chi connectivity index (χ4v) is 2.88. The minimum Gasteiger partial charge on any atom is -0.493 e. The van der Waals surface area contributed by atoms with Crippen molar-refractivity contribution in [2.45, 2.75) is 33.6 Å². The molecule has 0 spiro atoms. The number of amides is 2. The number of benzene rings is 2. The number of nitrogens with zero attached hydrogens (tertiary/aromatic N) is 1. The molecule has 0 saturated heterocycles. The summed E-state index contributed by atoms with van der Waals surface area (Å²) in [5.41, 5.74) is 1.56. The summed E-state index contributed by atoms with van der Waals surface area (Å²) >= 11 is 0. The normalized spacial score (nSPS) is 10.3. The Bertz CT molecular complexity index is 831. The topological polar surface area (TPSA) is 67.9 Å². The Morgan fingerprint density at radius 1 is 0.966 bits per heavy atom. The van der Waals surface area contributed by atoms with E-state index in [1.807, 2.05) is 13.8 Å². The Balaban J connectivity index is 2.14. The molecule has 2 aromatic rings. The zero-order valence-corrected chi connectivity index (χ0v) is 17.7. The van der Waals surface area contributed by atoms with E-state index in [4.69, 9.17) is 9.47 Å². The molecule has 29 heavy (non-hydrogen) atoms. The van der Waals surface area contributed by atoms with E-state index in [2.05, 4.69) is 12.2 Å². The molecule has 6 nitrogen and oxygen atoms in total. The first-order valence-electron chi connectivity index (χ1n) is 10.1. The number of hydrogen-bond donors (Lipinski definition) is 1. The molecule has 0 fully saturated rings. The first kappa shape index (κ1) is 22.3. The van der Waals surface area contributed by atoms with E-state index < -0.39 is 0 Å². The minimum absolute atomic E-state index is 0.0543. The maximum Gasteiger partial charge on any atom is 0.255 e. The van der Waals surface area contributed by atoms with E-state index in [0.717, 1.165) is 12.8 Å². The smallest absolute Gasteiger partial charge is 0.255 e. The molecule has 0 atom stereocenters. The highest BCUT2D eigenvalue weighted by Gasteiger charge is 2.15. The highest BCUT2D eigenvalue weighted by Crippen LogP contribution is 2.28. The molecule has 0 aliphatic rings. The van der Waals surface area contributed by atoms with Gasteiger partial charge in [0.05, 0.1) is 13.7 Å². The van der Waals surface area contributed by atoms with Crippen LogP contribution in [-0.4, -0.2) is 43.5 Å². The van der Waals surface area contributed by atoms with Crippen LogP contribution in [0, 0.1) is 0 Å². The average Bonchev–Trinajstić information content (AvgIpc) is 2.75. The summed E-state index contributed by atoms with van der Waals surface area (Å²) in [5, 5.41) is 2.85. The first-order chi connectivity index (χ1) is 14.0. The van der Waals surface area contributed by atoms with Crippen LogP contribution >= 0.6 is 0 Å². The summed E-state index contributed by atoms with van der Waals surface area (Å²) in [4.78, 5) is 26.9. The zero-order chi connectivity index (χ0) is 21.2. The number of carbonyl (C=O) groups is 2. The van der Waals surface area contributed by atoms with E-state index >= 15 is 0 Å². The van der Waals surface area contributed by atoms with E-state index in [1.165, 1.54) is 0 Å². The second kappa shape index (κ2) is 11.1. The SMILES string of the molecule is CCCCOc1ccc(C(=O)Nc2cccc(C(=O)N(CC)CC)c2)cc1OC. The maximum atomic E-state index is 12.7. The predicted molar refractivity (Wildman–Crippen MR) is 115 cm³/mol. The lowest BCUT2D eigenvalue weighted by atomic mass is 10.1. The van der Waals surface area contributed by atoms with Crippen molar-refractivity contribution in [1.29, 1.82) is 0 Å². The molecule has 2 amide bonds. The molecular formula is C23H30N2O4. The quantitative estimate of drug-likeness (QED) is 0.594. The van der Waals surface area contributed by atoms with Crippen molar-refractivity contribution in [3.8, 4) is 11.5 Å². The van der Waals surface area contributed by atoms with Gasteiger partial charge in [-0.3, -0.25) is 9.59 Å². The molecule has 0 saturated carbocycles. The number of anilines is 1. The number of unbranched alkanes of at least 4 members (excludes halogenated alkanes) is 1. The molecule has 2 rings (SSSR count). The molecule has 2 aromatic carbocycles. The molecule has 0 unspecified atom stereocenters. The van der Waals surface area contributed by atoms with E-state index in [0.29, 0.717) is 48.0 Å². The third kappa shape index (κ3) is 5.98. The van der Waals surface area contributed by atoms with Crippen LogP contribution in [0.3, 0.4) is 0 Å². The molecule has 6 heteroatoms. The molecule has 1 N–H and O–H groups in total. The lowest BCUT2D eigenvalue weighted by molar-refractivity contribution is 0.0772. The van der Waals surface area contributed by atoms with Gasteiger partial charge in [0.15, 0.2) is 11.5 Å². The largest absolute Gasteiger partial charge is 0.493 e. The van der Waals surface area contributed by atoms with Gasteiger partial charge in [-0.2, -0.15) is 0 Å². The third-order valence-electron chi connectivity index (χ3n) is 4.60. The van der Waals surface area contributed by atoms with E-state index in [1.54, 1.807) is 54.5 Å². The van der Waals surface area contributed by atoms with Crippen molar-refractivity contribution >= 4 is 17.5 Å². The van der Waals surface area contributed by atoms with Gasteiger partial charge in [-0.15, -0.1) is 0 Å². The van der Waals surface area contributed by atoms with Crippen LogP contribution in [0.5, 0.6) is 11.5 Å². The number of methoxy groups -OCH3 is 1. The summed E-state index contributed by atoms with van der Waals surface area (Å²) < 4.78 is 11.1. The van der Waals surface area contributed by atoms with Gasteiger partial charge in [-0.25, -0.2) is 0 Å². The standard InChI is InChI=1S/C23H30N2O4/c1-5-8-14-29-20-13-12-17(16-21(20)28-4)22(26)24-19-11-9-10-18(15-19)23(27)25(6-2)7-3/h9-13,15-16H,5-8,14H2,1-4H3,(H,24,26). The van der Waals surface area contributed by atoms with Crippen LogP contribution < -0.4 is 14.8 Å². The van der Waals surface area contributed by atoms with Crippen molar-refractivity contribution in [2.24, 2.45) is 0 Å². The van der Waals surface area contributed by atoms with Crippen molar-refractivity contribution in [2.75, 3.05) is 32.1 Å². The van der Waals surface area contributed by atoms with Crippen LogP contribution in [0.25, 0.3) is 0 Å². The predicted octanol–water partition coefficient (Wildman–Crippen LogP) is 4.61. The van der Waals surface area contributed by atoms with Crippen LogP contribution in [0.15, 0.2) is 42.5 Å². The summed E-state index contributed by atoms with van der Waals surface area (Å²) in [6.07, 6.45) is 1.99. The van der Waals surface area contributed by atoms with Crippen LogP contribution in [0.2, 0.25) is 0 Å². The van der Waals surface area contributed by atoms with Gasteiger partial charge in [0.1, 0.15) is 0 Å². The number of carbonyl (C=O) groups excluding carboxylic acids is 2.